The van der Waals surface area contributed by atoms with Gasteiger partial charge >= 0.3 is 6.03 Å². The van der Waals surface area contributed by atoms with Gasteiger partial charge in [0.2, 0.25) is 0 Å². The van der Waals surface area contributed by atoms with Crippen molar-refractivity contribution >= 4 is 6.03 Å². The maximum atomic E-state index is 11.7. The number of carbonyl (C=O) groups is 1. The van der Waals surface area contributed by atoms with Crippen LogP contribution in [0.3, 0.4) is 0 Å². The van der Waals surface area contributed by atoms with Crippen molar-refractivity contribution in [3.05, 3.63) is 35.4 Å². The normalized spacial score (nSPS) is 12.2. The van der Waals surface area contributed by atoms with Crippen LogP contribution in [0.15, 0.2) is 24.3 Å². The van der Waals surface area contributed by atoms with Gasteiger partial charge in [0.05, 0.1) is 6.04 Å². The molecule has 0 saturated carbocycles. The molecule has 0 unspecified atom stereocenters. The summed E-state index contributed by atoms with van der Waals surface area (Å²) in [7, 11) is 5.69. The molecule has 1 aromatic rings. The fraction of sp³-hybridized carbons (Fsp3) is 0.562. The second-order valence-electron chi connectivity index (χ2n) is 5.37. The number of amides is 2. The third-order valence-corrected chi connectivity index (χ3v) is 3.35. The fourth-order valence-corrected chi connectivity index (χ4v) is 2.06. The molecule has 0 radical (unpaired) electrons. The molecule has 0 aliphatic rings. The van der Waals surface area contributed by atoms with Gasteiger partial charge < -0.3 is 20.3 Å². The predicted molar refractivity (Wildman–Crippen MR) is 85.5 cm³/mol. The molecule has 5 nitrogen and oxygen atoms in total. The molecule has 0 fully saturated rings. The highest BCUT2D eigenvalue weighted by molar-refractivity contribution is 5.73. The number of carbonyl (C=O) groups excluding carboxylic acids is 1. The highest BCUT2D eigenvalue weighted by Crippen LogP contribution is 2.17. The van der Waals surface area contributed by atoms with Gasteiger partial charge in [-0.25, -0.2) is 4.79 Å². The Morgan fingerprint density at radius 1 is 1.24 bits per heavy atom. The molecule has 0 heterocycles. The Kier molecular flexibility index (Phi) is 7.79. The summed E-state index contributed by atoms with van der Waals surface area (Å²) in [6.07, 6.45) is 0.818. The van der Waals surface area contributed by atoms with Crippen LogP contribution in [-0.4, -0.2) is 51.8 Å². The Labute approximate surface area is 127 Å². The lowest BCUT2D eigenvalue weighted by Crippen LogP contribution is -2.41. The standard InChI is InChI=1S/C16H27N3O2/c1-13-6-8-14(9-7-13)15(19(2)3)12-18-16(20)17-10-5-11-21-4/h6-9,15H,5,10-12H2,1-4H3,(H2,17,18,20)/t15-/m1/s1. The third kappa shape index (κ3) is 6.60. The Morgan fingerprint density at radius 2 is 1.90 bits per heavy atom. The molecule has 1 atom stereocenters. The zero-order chi connectivity index (χ0) is 15.7. The second-order valence-corrected chi connectivity index (χ2v) is 5.37. The first-order valence-corrected chi connectivity index (χ1v) is 7.28. The summed E-state index contributed by atoms with van der Waals surface area (Å²) >= 11 is 0. The molecule has 0 aliphatic heterocycles. The van der Waals surface area contributed by atoms with Gasteiger partial charge in [-0.3, -0.25) is 0 Å². The quantitative estimate of drug-likeness (QED) is 0.720. The number of benzene rings is 1. The monoisotopic (exact) mass is 293 g/mol. The number of methoxy groups -OCH3 is 1. The molecule has 0 spiro atoms. The van der Waals surface area contributed by atoms with Crippen LogP contribution in [0.4, 0.5) is 4.79 Å². The Hall–Kier alpha value is -1.59. The summed E-state index contributed by atoms with van der Waals surface area (Å²) in [5.74, 6) is 0. The summed E-state index contributed by atoms with van der Waals surface area (Å²) in [5, 5.41) is 5.75. The van der Waals surface area contributed by atoms with E-state index in [0.29, 0.717) is 19.7 Å². The molecule has 0 saturated heterocycles. The van der Waals surface area contributed by atoms with Crippen LogP contribution < -0.4 is 10.6 Å². The van der Waals surface area contributed by atoms with E-state index in [2.05, 4.69) is 46.7 Å². The van der Waals surface area contributed by atoms with Crippen LogP contribution in [0.1, 0.15) is 23.6 Å². The zero-order valence-electron chi connectivity index (χ0n) is 13.5. The van der Waals surface area contributed by atoms with E-state index < -0.39 is 0 Å². The Balaban J connectivity index is 2.44. The molecule has 118 valence electrons. The number of urea groups is 1. The smallest absolute Gasteiger partial charge is 0.314 e. The van der Waals surface area contributed by atoms with Crippen LogP contribution in [0, 0.1) is 6.92 Å². The van der Waals surface area contributed by atoms with E-state index in [9.17, 15) is 4.79 Å². The van der Waals surface area contributed by atoms with Crippen LogP contribution in [0.5, 0.6) is 0 Å². The maximum Gasteiger partial charge on any atom is 0.314 e. The highest BCUT2D eigenvalue weighted by atomic mass is 16.5. The summed E-state index contributed by atoms with van der Waals surface area (Å²) in [6, 6.07) is 8.43. The van der Waals surface area contributed by atoms with Crippen molar-refractivity contribution in [2.24, 2.45) is 0 Å². The van der Waals surface area contributed by atoms with Gasteiger partial charge in [-0.1, -0.05) is 29.8 Å². The van der Waals surface area contributed by atoms with Crippen molar-refractivity contribution in [1.82, 2.24) is 15.5 Å². The van der Waals surface area contributed by atoms with Crippen LogP contribution in [-0.2, 0) is 4.74 Å². The van der Waals surface area contributed by atoms with Gasteiger partial charge in [-0.2, -0.15) is 0 Å². The lowest BCUT2D eigenvalue weighted by Gasteiger charge is -2.25. The molecule has 0 aromatic heterocycles. The second kappa shape index (κ2) is 9.37. The molecular weight excluding hydrogens is 266 g/mol. The highest BCUT2D eigenvalue weighted by Gasteiger charge is 2.14. The van der Waals surface area contributed by atoms with Gasteiger partial charge in [-0.15, -0.1) is 0 Å². The van der Waals surface area contributed by atoms with Gasteiger partial charge in [-0.05, 0) is 33.0 Å². The number of aryl methyl sites for hydroxylation is 1. The largest absolute Gasteiger partial charge is 0.385 e. The fourth-order valence-electron chi connectivity index (χ4n) is 2.06. The molecule has 2 N–H and O–H groups in total. The average molecular weight is 293 g/mol. The number of hydrogen-bond donors (Lipinski definition) is 2. The lowest BCUT2D eigenvalue weighted by atomic mass is 10.0. The SMILES string of the molecule is COCCCNC(=O)NC[C@H](c1ccc(C)cc1)N(C)C. The maximum absolute atomic E-state index is 11.7. The number of nitrogens with zero attached hydrogens (tertiary/aromatic N) is 1. The van der Waals surface area contributed by atoms with Gasteiger partial charge in [0, 0.05) is 26.8 Å². The van der Waals surface area contributed by atoms with Gasteiger partial charge in [0.15, 0.2) is 0 Å². The minimum absolute atomic E-state index is 0.134. The van der Waals surface area contributed by atoms with Crippen molar-refractivity contribution in [2.75, 3.05) is 40.9 Å². The summed E-state index contributed by atoms with van der Waals surface area (Å²) < 4.78 is 4.94. The number of likely N-dealkylation sites (N-methyl/N-ethyl adjacent to an activating group) is 1. The van der Waals surface area contributed by atoms with E-state index in [1.807, 2.05) is 14.1 Å². The number of hydrogen-bond acceptors (Lipinski definition) is 3. The van der Waals surface area contributed by atoms with E-state index in [4.69, 9.17) is 4.74 Å². The molecular formula is C16H27N3O2. The third-order valence-electron chi connectivity index (χ3n) is 3.35. The van der Waals surface area contributed by atoms with E-state index in [1.165, 1.54) is 11.1 Å². The first kappa shape index (κ1) is 17.5. The van der Waals surface area contributed by atoms with Crippen molar-refractivity contribution in [2.45, 2.75) is 19.4 Å². The van der Waals surface area contributed by atoms with E-state index >= 15 is 0 Å². The van der Waals surface area contributed by atoms with Crippen LogP contribution in [0.25, 0.3) is 0 Å². The molecule has 1 rings (SSSR count). The zero-order valence-corrected chi connectivity index (χ0v) is 13.5. The minimum atomic E-state index is -0.134. The van der Waals surface area contributed by atoms with E-state index in [-0.39, 0.29) is 12.1 Å². The number of nitrogens with one attached hydrogen (secondary N) is 2. The van der Waals surface area contributed by atoms with Crippen molar-refractivity contribution in [3.63, 3.8) is 0 Å². The Morgan fingerprint density at radius 3 is 2.48 bits per heavy atom. The number of ether oxygens (including phenoxy) is 1. The molecule has 0 bridgehead atoms. The van der Waals surface area contributed by atoms with Crippen LogP contribution >= 0.6 is 0 Å². The van der Waals surface area contributed by atoms with E-state index in [0.717, 1.165) is 6.42 Å². The first-order chi connectivity index (χ1) is 10.0. The van der Waals surface area contributed by atoms with Gasteiger partial charge in [0.1, 0.15) is 0 Å². The summed E-state index contributed by atoms with van der Waals surface area (Å²) in [5.41, 5.74) is 2.44. The first-order valence-electron chi connectivity index (χ1n) is 7.28. The topological polar surface area (TPSA) is 53.6 Å². The van der Waals surface area contributed by atoms with Crippen molar-refractivity contribution in [1.29, 1.82) is 0 Å². The summed E-state index contributed by atoms with van der Waals surface area (Å²) in [4.78, 5) is 13.8. The average Bonchev–Trinajstić information content (AvgIpc) is 2.45. The molecule has 2 amide bonds. The predicted octanol–water partition coefficient (Wildman–Crippen LogP) is 1.93. The van der Waals surface area contributed by atoms with E-state index in [1.54, 1.807) is 7.11 Å². The minimum Gasteiger partial charge on any atom is -0.385 e. The molecule has 1 aromatic carbocycles. The Bertz CT molecular complexity index is 418. The molecule has 21 heavy (non-hydrogen) atoms. The lowest BCUT2D eigenvalue weighted by molar-refractivity contribution is 0.193. The van der Waals surface area contributed by atoms with Crippen molar-refractivity contribution in [3.8, 4) is 0 Å². The molecule has 0 aliphatic carbocycles. The molecule has 5 heteroatoms. The summed E-state index contributed by atoms with van der Waals surface area (Å²) in [6.45, 7) is 3.92. The van der Waals surface area contributed by atoms with Gasteiger partial charge in [0.25, 0.3) is 0 Å². The van der Waals surface area contributed by atoms with Crippen molar-refractivity contribution < 1.29 is 9.53 Å². The van der Waals surface area contributed by atoms with Crippen LogP contribution in [0.2, 0.25) is 0 Å². The number of rotatable bonds is 8.